The Hall–Kier alpha value is -1.46. The highest BCUT2D eigenvalue weighted by molar-refractivity contribution is 7.80. The first-order valence-electron chi connectivity index (χ1n) is 6.27. The minimum atomic E-state index is -0.421. The first kappa shape index (κ1) is 15.6. The Balaban J connectivity index is 2.83. The van der Waals surface area contributed by atoms with Crippen LogP contribution in [0.1, 0.15) is 25.3 Å². The van der Waals surface area contributed by atoms with E-state index in [0.29, 0.717) is 13.0 Å². The number of nitrogens with two attached hydrogens (primary N) is 1. The van der Waals surface area contributed by atoms with E-state index in [1.807, 2.05) is 31.2 Å². The lowest BCUT2D eigenvalue weighted by molar-refractivity contribution is -0.118. The third kappa shape index (κ3) is 4.61. The molecule has 1 amide bonds. The number of thiocarbonyl (C=S) groups is 1. The molecule has 0 aromatic heterocycles. The summed E-state index contributed by atoms with van der Waals surface area (Å²) in [6, 6.07) is 7.52. The van der Waals surface area contributed by atoms with E-state index in [1.165, 1.54) is 0 Å². The number of methoxy groups -OCH3 is 1. The van der Waals surface area contributed by atoms with Gasteiger partial charge in [-0.1, -0.05) is 43.8 Å². The average Bonchev–Trinajstić information content (AvgIpc) is 2.38. The Morgan fingerprint density at radius 3 is 2.74 bits per heavy atom. The predicted octanol–water partition coefficient (Wildman–Crippen LogP) is 2.47. The van der Waals surface area contributed by atoms with Gasteiger partial charge < -0.3 is 15.8 Å². The van der Waals surface area contributed by atoms with Gasteiger partial charge in [0.2, 0.25) is 5.91 Å². The van der Waals surface area contributed by atoms with Gasteiger partial charge in [0.05, 0.1) is 17.5 Å². The molecule has 0 fully saturated rings. The van der Waals surface area contributed by atoms with E-state index < -0.39 is 5.92 Å². The van der Waals surface area contributed by atoms with Gasteiger partial charge in [0.15, 0.2) is 0 Å². The molecule has 5 heteroatoms. The smallest absolute Gasteiger partial charge is 0.234 e. The molecule has 19 heavy (non-hydrogen) atoms. The molecule has 3 N–H and O–H groups in total. The minimum Gasteiger partial charge on any atom is -0.393 e. The molecule has 4 nitrogen and oxygen atoms in total. The zero-order valence-electron chi connectivity index (χ0n) is 11.3. The van der Waals surface area contributed by atoms with Crippen LogP contribution in [-0.4, -0.2) is 18.0 Å². The monoisotopic (exact) mass is 280 g/mol. The van der Waals surface area contributed by atoms with Crippen molar-refractivity contribution in [2.75, 3.05) is 12.4 Å². The number of benzene rings is 1. The lowest BCUT2D eigenvalue weighted by Crippen LogP contribution is -2.33. The predicted molar refractivity (Wildman–Crippen MR) is 81.0 cm³/mol. The third-order valence-corrected chi connectivity index (χ3v) is 3.10. The number of carbonyl (C=O) groups excluding carboxylic acids is 1. The molecular weight excluding hydrogens is 260 g/mol. The fourth-order valence-corrected chi connectivity index (χ4v) is 2.06. The van der Waals surface area contributed by atoms with Crippen molar-refractivity contribution in [2.24, 2.45) is 11.7 Å². The molecule has 1 aromatic rings. The summed E-state index contributed by atoms with van der Waals surface area (Å²) in [5.74, 6) is -0.575. The maximum Gasteiger partial charge on any atom is 0.234 e. The summed E-state index contributed by atoms with van der Waals surface area (Å²) < 4.78 is 5.10. The number of carbonyl (C=O) groups is 1. The molecule has 0 aliphatic heterocycles. The second-order valence-corrected chi connectivity index (χ2v) is 4.79. The van der Waals surface area contributed by atoms with Gasteiger partial charge in [-0.2, -0.15) is 0 Å². The topological polar surface area (TPSA) is 64.3 Å². The van der Waals surface area contributed by atoms with Gasteiger partial charge in [0, 0.05) is 18.4 Å². The molecule has 1 unspecified atom stereocenters. The van der Waals surface area contributed by atoms with Gasteiger partial charge in [0.1, 0.15) is 0 Å². The average molecular weight is 280 g/mol. The number of hydrogen-bond donors (Lipinski definition) is 2. The van der Waals surface area contributed by atoms with Gasteiger partial charge in [-0.25, -0.2) is 0 Å². The fourth-order valence-electron chi connectivity index (χ4n) is 1.83. The van der Waals surface area contributed by atoms with Crippen molar-refractivity contribution in [1.29, 1.82) is 0 Å². The highest BCUT2D eigenvalue weighted by Crippen LogP contribution is 2.18. The molecule has 0 saturated heterocycles. The van der Waals surface area contributed by atoms with E-state index in [9.17, 15) is 4.79 Å². The Morgan fingerprint density at radius 1 is 1.47 bits per heavy atom. The number of hydrogen-bond acceptors (Lipinski definition) is 3. The van der Waals surface area contributed by atoms with E-state index in [2.05, 4.69) is 5.32 Å². The largest absolute Gasteiger partial charge is 0.393 e. The first-order valence-corrected chi connectivity index (χ1v) is 6.68. The van der Waals surface area contributed by atoms with Crippen molar-refractivity contribution in [1.82, 2.24) is 0 Å². The number of para-hydroxylation sites is 1. The van der Waals surface area contributed by atoms with Gasteiger partial charge in [-0.05, 0) is 12.5 Å². The summed E-state index contributed by atoms with van der Waals surface area (Å²) >= 11 is 4.95. The van der Waals surface area contributed by atoms with E-state index in [0.717, 1.165) is 17.7 Å². The van der Waals surface area contributed by atoms with Gasteiger partial charge >= 0.3 is 0 Å². The molecule has 0 aliphatic rings. The van der Waals surface area contributed by atoms with Crippen molar-refractivity contribution in [3.8, 4) is 0 Å². The van der Waals surface area contributed by atoms with Crippen LogP contribution in [0.2, 0.25) is 0 Å². The summed E-state index contributed by atoms with van der Waals surface area (Å²) in [4.78, 5) is 12.4. The van der Waals surface area contributed by atoms with Crippen LogP contribution in [0, 0.1) is 5.92 Å². The van der Waals surface area contributed by atoms with Crippen molar-refractivity contribution >= 4 is 28.8 Å². The Kier molecular flexibility index (Phi) is 6.45. The van der Waals surface area contributed by atoms with E-state index >= 15 is 0 Å². The fraction of sp³-hybridized carbons (Fsp3) is 0.429. The number of amides is 1. The molecular formula is C14H20N2O2S. The molecule has 0 radical (unpaired) electrons. The van der Waals surface area contributed by atoms with Gasteiger partial charge in [-0.15, -0.1) is 0 Å². The van der Waals surface area contributed by atoms with Crippen LogP contribution in [-0.2, 0) is 16.1 Å². The van der Waals surface area contributed by atoms with Crippen LogP contribution in [0.4, 0.5) is 5.69 Å². The van der Waals surface area contributed by atoms with Crippen LogP contribution in [0.25, 0.3) is 0 Å². The molecule has 0 aliphatic carbocycles. The van der Waals surface area contributed by atoms with Gasteiger partial charge in [-0.3, -0.25) is 4.79 Å². The van der Waals surface area contributed by atoms with E-state index in [1.54, 1.807) is 7.11 Å². The lowest BCUT2D eigenvalue weighted by atomic mass is 10.0. The first-order chi connectivity index (χ1) is 9.10. The van der Waals surface area contributed by atoms with E-state index in [4.69, 9.17) is 22.7 Å². The lowest BCUT2D eigenvalue weighted by Gasteiger charge is -2.16. The summed E-state index contributed by atoms with van der Waals surface area (Å²) in [5.41, 5.74) is 7.29. The van der Waals surface area contributed by atoms with Crippen LogP contribution < -0.4 is 11.1 Å². The van der Waals surface area contributed by atoms with Crippen molar-refractivity contribution in [3.63, 3.8) is 0 Å². The molecule has 1 aromatic carbocycles. The van der Waals surface area contributed by atoms with Crippen LogP contribution in [0.5, 0.6) is 0 Å². The normalized spacial score (nSPS) is 11.9. The number of rotatable bonds is 7. The molecule has 1 atom stereocenters. The van der Waals surface area contributed by atoms with Crippen molar-refractivity contribution < 1.29 is 9.53 Å². The summed E-state index contributed by atoms with van der Waals surface area (Å²) in [7, 11) is 1.62. The highest BCUT2D eigenvalue weighted by atomic mass is 32.1. The zero-order valence-corrected chi connectivity index (χ0v) is 12.1. The van der Waals surface area contributed by atoms with Crippen molar-refractivity contribution in [2.45, 2.75) is 26.4 Å². The zero-order chi connectivity index (χ0) is 14.3. The minimum absolute atomic E-state index is 0.155. The second-order valence-electron chi connectivity index (χ2n) is 4.32. The Bertz CT molecular complexity index is 449. The Labute approximate surface area is 119 Å². The molecule has 1 rings (SSSR count). The van der Waals surface area contributed by atoms with E-state index in [-0.39, 0.29) is 10.9 Å². The quantitative estimate of drug-likeness (QED) is 0.753. The Morgan fingerprint density at radius 2 is 2.16 bits per heavy atom. The molecule has 0 bridgehead atoms. The summed E-state index contributed by atoms with van der Waals surface area (Å²) in [6.45, 7) is 2.44. The molecule has 104 valence electrons. The van der Waals surface area contributed by atoms with Gasteiger partial charge in [0.25, 0.3) is 0 Å². The molecule has 0 spiro atoms. The standard InChI is InChI=1S/C14H20N2O2S/c1-3-6-11(13(15)19)14(17)16-12-8-5-4-7-10(12)9-18-2/h4-5,7-8,11H,3,6,9H2,1-2H3,(H2,15,19)(H,16,17). The van der Waals surface area contributed by atoms with Crippen LogP contribution in [0.3, 0.4) is 0 Å². The molecule has 0 saturated carbocycles. The van der Waals surface area contributed by atoms with Crippen molar-refractivity contribution in [3.05, 3.63) is 29.8 Å². The SMILES string of the molecule is CCCC(C(=O)Nc1ccccc1COC)C(N)=S. The number of ether oxygens (including phenoxy) is 1. The second kappa shape index (κ2) is 7.86. The summed E-state index contributed by atoms with van der Waals surface area (Å²) in [6.07, 6.45) is 1.52. The summed E-state index contributed by atoms with van der Waals surface area (Å²) in [5, 5.41) is 2.88. The highest BCUT2D eigenvalue weighted by Gasteiger charge is 2.21. The van der Waals surface area contributed by atoms with Crippen LogP contribution >= 0.6 is 12.2 Å². The molecule has 0 heterocycles. The number of nitrogens with one attached hydrogen (secondary N) is 1. The maximum atomic E-state index is 12.2. The maximum absolute atomic E-state index is 12.2. The van der Waals surface area contributed by atoms with Crippen LogP contribution in [0.15, 0.2) is 24.3 Å². The third-order valence-electron chi connectivity index (χ3n) is 2.81. The number of anilines is 1.